The Balaban J connectivity index is 2.29. The van der Waals surface area contributed by atoms with Crippen molar-refractivity contribution in [3.63, 3.8) is 0 Å². The Hall–Kier alpha value is -1.87. The van der Waals surface area contributed by atoms with Crippen LogP contribution in [0.25, 0.3) is 0 Å². The highest BCUT2D eigenvalue weighted by Gasteiger charge is 2.18. The molecule has 0 radical (unpaired) electrons. The number of nitrogens with zero attached hydrogens (tertiary/aromatic N) is 1. The van der Waals surface area contributed by atoms with Gasteiger partial charge in [0.1, 0.15) is 11.9 Å². The summed E-state index contributed by atoms with van der Waals surface area (Å²) in [7, 11) is 0. The van der Waals surface area contributed by atoms with Gasteiger partial charge in [-0.2, -0.15) is 0 Å². The minimum absolute atomic E-state index is 0.0951. The summed E-state index contributed by atoms with van der Waals surface area (Å²) in [6.07, 6.45) is 3.36. The standard InChI is InChI=1S/C16H20N2O/c1-11-4-5-12(2)15(10-11)19-16(13(3)17)14-6-8-18-9-7-14/h4-10,13,16H,17H2,1-3H3. The zero-order valence-electron chi connectivity index (χ0n) is 11.6. The van der Waals surface area contributed by atoms with Crippen LogP contribution < -0.4 is 10.5 Å². The second-order valence-corrected chi connectivity index (χ2v) is 4.95. The van der Waals surface area contributed by atoms with E-state index < -0.39 is 0 Å². The molecule has 3 heteroatoms. The van der Waals surface area contributed by atoms with Crippen molar-refractivity contribution in [2.45, 2.75) is 32.9 Å². The predicted octanol–water partition coefficient (Wildman–Crippen LogP) is 3.17. The van der Waals surface area contributed by atoms with Gasteiger partial charge in [0.25, 0.3) is 0 Å². The highest BCUT2D eigenvalue weighted by molar-refractivity contribution is 5.36. The van der Waals surface area contributed by atoms with Crippen molar-refractivity contribution >= 4 is 0 Å². The normalized spacial score (nSPS) is 13.9. The molecule has 0 aliphatic rings. The minimum atomic E-state index is -0.163. The van der Waals surface area contributed by atoms with E-state index in [9.17, 15) is 0 Å². The number of aryl methyl sites for hydroxylation is 2. The van der Waals surface area contributed by atoms with Crippen LogP contribution in [-0.4, -0.2) is 11.0 Å². The van der Waals surface area contributed by atoms with Crippen LogP contribution in [0, 0.1) is 13.8 Å². The Bertz CT molecular complexity index is 538. The molecule has 3 nitrogen and oxygen atoms in total. The predicted molar refractivity (Wildman–Crippen MR) is 77.2 cm³/mol. The summed E-state index contributed by atoms with van der Waals surface area (Å²) in [5.41, 5.74) is 9.40. The third-order valence-electron chi connectivity index (χ3n) is 3.11. The second-order valence-electron chi connectivity index (χ2n) is 4.95. The number of aromatic nitrogens is 1. The molecule has 0 bridgehead atoms. The molecule has 0 aliphatic heterocycles. The molecule has 19 heavy (non-hydrogen) atoms. The molecule has 2 aromatic rings. The SMILES string of the molecule is Cc1ccc(C)c(OC(c2ccncc2)C(C)N)c1. The first kappa shape index (κ1) is 13.6. The lowest BCUT2D eigenvalue weighted by atomic mass is 10.0. The number of benzene rings is 1. The van der Waals surface area contributed by atoms with E-state index in [1.165, 1.54) is 5.56 Å². The average molecular weight is 256 g/mol. The Kier molecular flexibility index (Phi) is 4.17. The van der Waals surface area contributed by atoms with Crippen LogP contribution >= 0.6 is 0 Å². The monoisotopic (exact) mass is 256 g/mol. The van der Waals surface area contributed by atoms with Gasteiger partial charge in [-0.3, -0.25) is 4.98 Å². The fraction of sp³-hybridized carbons (Fsp3) is 0.312. The maximum Gasteiger partial charge on any atom is 0.139 e. The first-order chi connectivity index (χ1) is 9.08. The van der Waals surface area contributed by atoms with Crippen molar-refractivity contribution in [3.8, 4) is 5.75 Å². The summed E-state index contributed by atoms with van der Waals surface area (Å²) >= 11 is 0. The van der Waals surface area contributed by atoms with Crippen molar-refractivity contribution in [3.05, 3.63) is 59.4 Å². The van der Waals surface area contributed by atoms with Crippen molar-refractivity contribution < 1.29 is 4.74 Å². The van der Waals surface area contributed by atoms with E-state index in [1.54, 1.807) is 12.4 Å². The largest absolute Gasteiger partial charge is 0.484 e. The van der Waals surface area contributed by atoms with Gasteiger partial charge < -0.3 is 10.5 Å². The van der Waals surface area contributed by atoms with Gasteiger partial charge in [-0.05, 0) is 55.7 Å². The third kappa shape index (κ3) is 3.32. The highest BCUT2D eigenvalue weighted by Crippen LogP contribution is 2.27. The molecule has 1 aromatic heterocycles. The summed E-state index contributed by atoms with van der Waals surface area (Å²) in [6.45, 7) is 6.05. The number of rotatable bonds is 4. The lowest BCUT2D eigenvalue weighted by Crippen LogP contribution is -2.29. The molecule has 2 atom stereocenters. The molecule has 100 valence electrons. The molecule has 0 aliphatic carbocycles. The number of hydrogen-bond donors (Lipinski definition) is 1. The van der Waals surface area contributed by atoms with Gasteiger partial charge >= 0.3 is 0 Å². The van der Waals surface area contributed by atoms with E-state index in [0.717, 1.165) is 16.9 Å². The van der Waals surface area contributed by atoms with Crippen molar-refractivity contribution in [2.24, 2.45) is 5.73 Å². The molecule has 0 saturated carbocycles. The molecular formula is C16H20N2O. The summed E-state index contributed by atoms with van der Waals surface area (Å²) < 4.78 is 6.12. The second kappa shape index (κ2) is 5.85. The highest BCUT2D eigenvalue weighted by atomic mass is 16.5. The van der Waals surface area contributed by atoms with Gasteiger partial charge in [-0.25, -0.2) is 0 Å². The molecule has 1 aromatic carbocycles. The fourth-order valence-corrected chi connectivity index (χ4v) is 2.00. The first-order valence-electron chi connectivity index (χ1n) is 6.47. The van der Waals surface area contributed by atoms with E-state index in [0.29, 0.717) is 0 Å². The number of ether oxygens (including phenoxy) is 1. The fourth-order valence-electron chi connectivity index (χ4n) is 2.00. The van der Waals surface area contributed by atoms with Crippen molar-refractivity contribution in [1.82, 2.24) is 4.98 Å². The van der Waals surface area contributed by atoms with Crippen LogP contribution in [0.4, 0.5) is 0 Å². The Morgan fingerprint density at radius 1 is 1.11 bits per heavy atom. The quantitative estimate of drug-likeness (QED) is 0.914. The van der Waals surface area contributed by atoms with Crippen molar-refractivity contribution in [2.75, 3.05) is 0 Å². The lowest BCUT2D eigenvalue weighted by molar-refractivity contribution is 0.179. The Morgan fingerprint density at radius 3 is 2.42 bits per heavy atom. The van der Waals surface area contributed by atoms with E-state index >= 15 is 0 Å². The summed E-state index contributed by atoms with van der Waals surface area (Å²) in [5.74, 6) is 0.888. The lowest BCUT2D eigenvalue weighted by Gasteiger charge is -2.24. The van der Waals surface area contributed by atoms with Crippen LogP contribution in [0.3, 0.4) is 0 Å². The molecule has 0 fully saturated rings. The maximum absolute atomic E-state index is 6.12. The van der Waals surface area contributed by atoms with E-state index in [2.05, 4.69) is 24.0 Å². The minimum Gasteiger partial charge on any atom is -0.484 e. The van der Waals surface area contributed by atoms with E-state index in [-0.39, 0.29) is 12.1 Å². The number of hydrogen-bond acceptors (Lipinski definition) is 3. The molecule has 0 spiro atoms. The number of pyridine rings is 1. The summed E-state index contributed by atoms with van der Waals surface area (Å²) in [5, 5.41) is 0. The zero-order valence-corrected chi connectivity index (χ0v) is 11.6. The van der Waals surface area contributed by atoms with Gasteiger partial charge in [-0.1, -0.05) is 12.1 Å². The van der Waals surface area contributed by atoms with Crippen molar-refractivity contribution in [1.29, 1.82) is 0 Å². The topological polar surface area (TPSA) is 48.1 Å². The van der Waals surface area contributed by atoms with Crippen LogP contribution in [0.1, 0.15) is 29.7 Å². The maximum atomic E-state index is 6.12. The third-order valence-corrected chi connectivity index (χ3v) is 3.11. The van der Waals surface area contributed by atoms with E-state index in [4.69, 9.17) is 10.5 Å². The van der Waals surface area contributed by atoms with Gasteiger partial charge in [0.15, 0.2) is 0 Å². The molecule has 0 saturated heterocycles. The molecule has 2 rings (SSSR count). The van der Waals surface area contributed by atoms with E-state index in [1.807, 2.05) is 32.0 Å². The smallest absolute Gasteiger partial charge is 0.139 e. The van der Waals surface area contributed by atoms with Crippen LogP contribution in [0.5, 0.6) is 5.75 Å². The van der Waals surface area contributed by atoms with Gasteiger partial charge in [0.05, 0.1) is 0 Å². The molecule has 1 heterocycles. The van der Waals surface area contributed by atoms with Crippen LogP contribution in [0.15, 0.2) is 42.7 Å². The Morgan fingerprint density at radius 2 is 1.79 bits per heavy atom. The van der Waals surface area contributed by atoms with Crippen LogP contribution in [-0.2, 0) is 0 Å². The number of nitrogens with two attached hydrogens (primary N) is 1. The molecule has 2 unspecified atom stereocenters. The van der Waals surface area contributed by atoms with Gasteiger partial charge in [0.2, 0.25) is 0 Å². The molecular weight excluding hydrogens is 236 g/mol. The molecule has 2 N–H and O–H groups in total. The average Bonchev–Trinajstić information content (AvgIpc) is 2.40. The van der Waals surface area contributed by atoms with Gasteiger partial charge in [-0.15, -0.1) is 0 Å². The van der Waals surface area contributed by atoms with Gasteiger partial charge in [0, 0.05) is 18.4 Å². The first-order valence-corrected chi connectivity index (χ1v) is 6.47. The Labute approximate surface area is 114 Å². The summed E-state index contributed by atoms with van der Waals surface area (Å²) in [6, 6.07) is 9.98. The van der Waals surface area contributed by atoms with Crippen LogP contribution in [0.2, 0.25) is 0 Å². The summed E-state index contributed by atoms with van der Waals surface area (Å²) in [4.78, 5) is 4.03. The zero-order chi connectivity index (χ0) is 13.8. The molecule has 0 amide bonds.